The van der Waals surface area contributed by atoms with Crippen molar-refractivity contribution >= 4 is 69.7 Å². The topological polar surface area (TPSA) is 174 Å². The van der Waals surface area contributed by atoms with Crippen molar-refractivity contribution in [3.63, 3.8) is 0 Å². The van der Waals surface area contributed by atoms with Gasteiger partial charge in [-0.25, -0.2) is 0 Å². The molecule has 7 N–H and O–H groups in total. The van der Waals surface area contributed by atoms with E-state index in [-0.39, 0.29) is 17.8 Å². The molecule has 0 amide bonds. The third-order valence-corrected chi connectivity index (χ3v) is 6.60. The second-order valence-electron chi connectivity index (χ2n) is 7.19. The van der Waals surface area contributed by atoms with Gasteiger partial charge in [0.05, 0.1) is 11.4 Å². The van der Waals surface area contributed by atoms with Gasteiger partial charge >= 0.3 is 0 Å². The van der Waals surface area contributed by atoms with Crippen LogP contribution in [-0.4, -0.2) is 50.5 Å². The van der Waals surface area contributed by atoms with Gasteiger partial charge in [0.2, 0.25) is 35.7 Å². The number of hydrogen-bond acceptors (Lipinski definition) is 14. The number of rotatable bonds is 8. The molecule has 33 heavy (non-hydrogen) atoms. The van der Waals surface area contributed by atoms with E-state index in [1.807, 2.05) is 47.6 Å². The van der Waals surface area contributed by atoms with Gasteiger partial charge in [-0.15, -0.1) is 22.7 Å². The summed E-state index contributed by atoms with van der Waals surface area (Å²) in [6, 6.07) is 4.05. The number of hydrogen-bond donors (Lipinski definition) is 4. The molecule has 0 unspecified atom stereocenters. The van der Waals surface area contributed by atoms with Gasteiger partial charge in [-0.05, 0) is 30.9 Å². The summed E-state index contributed by atoms with van der Waals surface area (Å²) in [5.74, 6) is 1.65. The average Bonchev–Trinajstić information content (AvgIpc) is 3.39. The number of nitrogens with zero attached hydrogens (tertiary/aromatic N) is 8. The normalized spacial score (nSPS) is 10.9. The minimum atomic E-state index is 0.0843. The van der Waals surface area contributed by atoms with Gasteiger partial charge in [-0.3, -0.25) is 0 Å². The molecule has 4 aromatic heterocycles. The van der Waals surface area contributed by atoms with E-state index in [1.165, 1.54) is 4.88 Å². The first kappa shape index (κ1) is 22.4. The lowest BCUT2D eigenvalue weighted by Gasteiger charge is -2.17. The lowest BCUT2D eigenvalue weighted by molar-refractivity contribution is 0.839. The van der Waals surface area contributed by atoms with E-state index in [2.05, 4.69) is 41.3 Å². The van der Waals surface area contributed by atoms with Crippen molar-refractivity contribution in [2.24, 2.45) is 0 Å². The van der Waals surface area contributed by atoms with E-state index in [0.29, 0.717) is 24.4 Å². The zero-order chi connectivity index (χ0) is 23.5. The average molecular weight is 485 g/mol. The smallest absolute Gasteiger partial charge is 0.236 e. The minimum Gasteiger partial charge on any atom is -0.368 e. The van der Waals surface area contributed by atoms with Crippen LogP contribution in [0.25, 0.3) is 0 Å². The quantitative estimate of drug-likeness (QED) is 0.288. The molecule has 4 aromatic rings. The van der Waals surface area contributed by atoms with E-state index in [9.17, 15) is 0 Å². The van der Waals surface area contributed by atoms with Crippen LogP contribution < -0.4 is 32.3 Å². The van der Waals surface area contributed by atoms with Gasteiger partial charge in [-0.2, -0.15) is 29.9 Å². The summed E-state index contributed by atoms with van der Waals surface area (Å²) in [5.41, 5.74) is 19.2. The minimum absolute atomic E-state index is 0.0843. The highest BCUT2D eigenvalue weighted by molar-refractivity contribution is 7.10. The Morgan fingerprint density at radius 1 is 0.909 bits per heavy atom. The first-order chi connectivity index (χ1) is 15.8. The first-order valence-corrected chi connectivity index (χ1v) is 11.7. The maximum atomic E-state index is 5.92. The Labute approximate surface area is 198 Å². The number of nitrogens with one attached hydrogen (secondary N) is 1. The fourth-order valence-electron chi connectivity index (χ4n) is 2.96. The maximum Gasteiger partial charge on any atom is 0.236 e. The third-order valence-electron chi connectivity index (χ3n) is 4.77. The van der Waals surface area contributed by atoms with Crippen LogP contribution in [0.15, 0.2) is 22.9 Å². The number of likely N-dealkylation sites (N-methyl/N-ethyl adjacent to an activating group) is 1. The van der Waals surface area contributed by atoms with Crippen LogP contribution in [0.3, 0.4) is 0 Å². The van der Waals surface area contributed by atoms with Crippen LogP contribution in [0.2, 0.25) is 0 Å². The highest BCUT2D eigenvalue weighted by Crippen LogP contribution is 2.28. The van der Waals surface area contributed by atoms with Crippen molar-refractivity contribution in [2.75, 3.05) is 53.0 Å². The Kier molecular flexibility index (Phi) is 6.37. The molecular formula is C19H24N12S2. The Hall–Kier alpha value is -3.78. The molecule has 4 rings (SSSR count). The van der Waals surface area contributed by atoms with E-state index in [1.54, 1.807) is 22.7 Å². The number of nitrogens with two attached hydrogens (primary N) is 3. The first-order valence-electron chi connectivity index (χ1n) is 9.90. The highest BCUT2D eigenvalue weighted by Gasteiger charge is 2.14. The molecule has 0 aromatic carbocycles. The Morgan fingerprint density at radius 2 is 1.61 bits per heavy atom. The summed E-state index contributed by atoms with van der Waals surface area (Å²) in [6.45, 7) is 2.72. The number of thiophene rings is 2. The van der Waals surface area contributed by atoms with Crippen molar-refractivity contribution in [3.8, 4) is 0 Å². The Morgan fingerprint density at radius 3 is 2.30 bits per heavy atom. The van der Waals surface area contributed by atoms with Crippen LogP contribution in [0, 0.1) is 6.92 Å². The Bertz CT molecular complexity index is 1230. The molecule has 0 radical (unpaired) electrons. The number of nitrogen functional groups attached to an aromatic ring is 3. The molecule has 0 bridgehead atoms. The molecule has 0 aliphatic carbocycles. The van der Waals surface area contributed by atoms with Crippen molar-refractivity contribution in [3.05, 3.63) is 32.6 Å². The molecule has 172 valence electrons. The molecule has 0 atom stereocenters. The number of anilines is 8. The van der Waals surface area contributed by atoms with Crippen LogP contribution in [0.5, 0.6) is 0 Å². The molecule has 12 nitrogen and oxygen atoms in total. The maximum absolute atomic E-state index is 5.92. The van der Waals surface area contributed by atoms with E-state index < -0.39 is 0 Å². The second-order valence-corrected chi connectivity index (χ2v) is 9.30. The second kappa shape index (κ2) is 9.38. The van der Waals surface area contributed by atoms with Gasteiger partial charge in [0.15, 0.2) is 0 Å². The lowest BCUT2D eigenvalue weighted by atomic mass is 10.3. The van der Waals surface area contributed by atoms with Crippen molar-refractivity contribution < 1.29 is 0 Å². The summed E-state index contributed by atoms with van der Waals surface area (Å²) in [5, 5.41) is 7.24. The van der Waals surface area contributed by atoms with Gasteiger partial charge in [0, 0.05) is 35.8 Å². The molecule has 0 saturated carbocycles. The van der Waals surface area contributed by atoms with Crippen LogP contribution in [0.4, 0.5) is 47.1 Å². The predicted octanol–water partition coefficient (Wildman–Crippen LogP) is 2.43. The van der Waals surface area contributed by atoms with Gasteiger partial charge < -0.3 is 32.3 Å². The van der Waals surface area contributed by atoms with Crippen molar-refractivity contribution in [1.82, 2.24) is 29.9 Å². The fourth-order valence-corrected chi connectivity index (χ4v) is 4.51. The molecule has 0 fully saturated rings. The molecule has 14 heteroatoms. The molecule has 0 spiro atoms. The van der Waals surface area contributed by atoms with Gasteiger partial charge in [0.25, 0.3) is 0 Å². The van der Waals surface area contributed by atoms with Gasteiger partial charge in [0.1, 0.15) is 0 Å². The summed E-state index contributed by atoms with van der Waals surface area (Å²) >= 11 is 3.28. The SMILES string of the molecule is Cc1sccc1Nc1nc(N)nc(N(C)CCc2cc(N(C)c3nc(N)nc(N)n3)cs2)n1. The third kappa shape index (κ3) is 5.35. The highest BCUT2D eigenvalue weighted by atomic mass is 32.1. The molecule has 4 heterocycles. The number of aryl methyl sites for hydroxylation is 1. The zero-order valence-electron chi connectivity index (χ0n) is 18.3. The zero-order valence-corrected chi connectivity index (χ0v) is 20.0. The molecule has 0 aliphatic heterocycles. The lowest BCUT2D eigenvalue weighted by Crippen LogP contribution is -2.23. The predicted molar refractivity (Wildman–Crippen MR) is 135 cm³/mol. The summed E-state index contributed by atoms with van der Waals surface area (Å²) in [7, 11) is 3.77. The van der Waals surface area contributed by atoms with E-state index in [4.69, 9.17) is 17.2 Å². The van der Waals surface area contributed by atoms with Crippen molar-refractivity contribution in [2.45, 2.75) is 13.3 Å². The largest absolute Gasteiger partial charge is 0.368 e. The molecule has 0 saturated heterocycles. The number of aromatic nitrogens is 6. The monoisotopic (exact) mass is 484 g/mol. The molecular weight excluding hydrogens is 460 g/mol. The van der Waals surface area contributed by atoms with E-state index in [0.717, 1.165) is 22.7 Å². The van der Waals surface area contributed by atoms with Crippen LogP contribution >= 0.6 is 22.7 Å². The standard InChI is InChI=1S/C19H24N12S2/c1-10-13(5-7-32-10)23-17-25-16(22)26-18(29-17)30(2)6-4-12-8-11(9-33-12)31(3)19-27-14(20)24-15(21)28-19/h5,7-9H,4,6H2,1-3H3,(H4,20,21,24,27,28)(H3,22,23,25,26,29). The van der Waals surface area contributed by atoms with Crippen LogP contribution in [0.1, 0.15) is 9.75 Å². The van der Waals surface area contributed by atoms with Crippen molar-refractivity contribution in [1.29, 1.82) is 0 Å². The van der Waals surface area contributed by atoms with Gasteiger partial charge in [-0.1, -0.05) is 0 Å². The van der Waals surface area contributed by atoms with E-state index >= 15 is 0 Å². The molecule has 0 aliphatic rings. The van der Waals surface area contributed by atoms with Crippen LogP contribution in [-0.2, 0) is 6.42 Å². The fraction of sp³-hybridized carbons (Fsp3) is 0.263. The Balaban J connectivity index is 1.41. The summed E-state index contributed by atoms with van der Waals surface area (Å²) in [4.78, 5) is 31.2. The summed E-state index contributed by atoms with van der Waals surface area (Å²) < 4.78 is 0. The summed E-state index contributed by atoms with van der Waals surface area (Å²) in [6.07, 6.45) is 0.786.